The maximum Gasteiger partial charge on any atom is 0.335 e. The third-order valence-corrected chi connectivity index (χ3v) is 5.16. The fraction of sp³-hybridized carbons (Fsp3) is 0.0455. The molecule has 1 aromatic heterocycles. The third kappa shape index (κ3) is 3.40. The average molecular weight is 450 g/mol. The number of fused-ring (bicyclic) bond motifs is 1. The summed E-state index contributed by atoms with van der Waals surface area (Å²) in [5, 5.41) is 3.15. The number of nitrogens with zero attached hydrogens (tertiary/aromatic N) is 2. The highest BCUT2D eigenvalue weighted by Crippen LogP contribution is 2.27. The topological polar surface area (TPSA) is 71.4 Å². The van der Waals surface area contributed by atoms with Crippen molar-refractivity contribution in [2.75, 3.05) is 4.90 Å². The van der Waals surface area contributed by atoms with Crippen molar-refractivity contribution in [1.29, 1.82) is 0 Å². The van der Waals surface area contributed by atoms with Crippen molar-refractivity contribution in [2.24, 2.45) is 0 Å². The largest absolute Gasteiger partial charge is 0.343 e. The zero-order chi connectivity index (χ0) is 20.5. The van der Waals surface area contributed by atoms with Crippen molar-refractivity contribution in [1.82, 2.24) is 9.88 Å². The van der Waals surface area contributed by atoms with Crippen molar-refractivity contribution in [3.8, 4) is 0 Å². The summed E-state index contributed by atoms with van der Waals surface area (Å²) in [7, 11) is 0. The van der Waals surface area contributed by atoms with Crippen LogP contribution in [0.15, 0.2) is 77.4 Å². The SMILES string of the molecule is C=CCn1cc(/C=C2\C(=O)NC(=O)N(c3ccc(Br)cc3)C2=O)c2ccccc21. The smallest absolute Gasteiger partial charge is 0.335 e. The first kappa shape index (κ1) is 18.9. The summed E-state index contributed by atoms with van der Waals surface area (Å²) in [6.45, 7) is 4.36. The molecule has 0 bridgehead atoms. The van der Waals surface area contributed by atoms with Crippen LogP contribution >= 0.6 is 15.9 Å². The number of urea groups is 1. The molecule has 1 fully saturated rings. The fourth-order valence-electron chi connectivity index (χ4n) is 3.32. The minimum Gasteiger partial charge on any atom is -0.343 e. The molecule has 2 heterocycles. The lowest BCUT2D eigenvalue weighted by atomic mass is 10.1. The molecule has 4 rings (SSSR count). The maximum absolute atomic E-state index is 13.0. The number of carbonyl (C=O) groups excluding carboxylic acids is 3. The van der Waals surface area contributed by atoms with Gasteiger partial charge in [-0.2, -0.15) is 0 Å². The van der Waals surface area contributed by atoms with Gasteiger partial charge in [0.2, 0.25) is 0 Å². The second-order valence-corrected chi connectivity index (χ2v) is 7.39. The van der Waals surface area contributed by atoms with Crippen molar-refractivity contribution in [3.05, 3.63) is 83.0 Å². The molecule has 6 nitrogen and oxygen atoms in total. The van der Waals surface area contributed by atoms with E-state index in [2.05, 4.69) is 27.8 Å². The third-order valence-electron chi connectivity index (χ3n) is 4.63. The van der Waals surface area contributed by atoms with Crippen LogP contribution in [0.2, 0.25) is 0 Å². The van der Waals surface area contributed by atoms with E-state index < -0.39 is 17.8 Å². The second kappa shape index (κ2) is 7.52. The van der Waals surface area contributed by atoms with E-state index in [1.807, 2.05) is 35.0 Å². The molecule has 3 aromatic rings. The Labute approximate surface area is 175 Å². The van der Waals surface area contributed by atoms with E-state index in [0.717, 1.165) is 20.3 Å². The van der Waals surface area contributed by atoms with Crippen molar-refractivity contribution in [3.63, 3.8) is 0 Å². The molecule has 144 valence electrons. The van der Waals surface area contributed by atoms with Crippen LogP contribution in [0.25, 0.3) is 17.0 Å². The summed E-state index contributed by atoms with van der Waals surface area (Å²) >= 11 is 3.32. The first-order chi connectivity index (χ1) is 14.0. The Kier molecular flexibility index (Phi) is 4.90. The number of para-hydroxylation sites is 1. The minimum absolute atomic E-state index is 0.103. The van der Waals surface area contributed by atoms with Gasteiger partial charge in [-0.15, -0.1) is 6.58 Å². The fourth-order valence-corrected chi connectivity index (χ4v) is 3.58. The highest BCUT2D eigenvalue weighted by Gasteiger charge is 2.36. The van der Waals surface area contributed by atoms with E-state index >= 15 is 0 Å². The van der Waals surface area contributed by atoms with Gasteiger partial charge in [0.15, 0.2) is 0 Å². The van der Waals surface area contributed by atoms with Gasteiger partial charge in [0.05, 0.1) is 5.69 Å². The number of nitrogens with one attached hydrogen (secondary N) is 1. The van der Waals surface area contributed by atoms with Crippen molar-refractivity contribution >= 4 is 56.4 Å². The van der Waals surface area contributed by atoms with Gasteiger partial charge in [-0.1, -0.05) is 40.2 Å². The number of halogens is 1. The molecule has 2 aromatic carbocycles. The Morgan fingerprint density at radius 1 is 1.03 bits per heavy atom. The van der Waals surface area contributed by atoms with E-state index in [-0.39, 0.29) is 5.57 Å². The Hall–Kier alpha value is -3.45. The molecule has 0 unspecified atom stereocenters. The maximum atomic E-state index is 13.0. The molecule has 0 atom stereocenters. The Morgan fingerprint density at radius 3 is 2.48 bits per heavy atom. The number of hydrogen-bond donors (Lipinski definition) is 1. The zero-order valence-electron chi connectivity index (χ0n) is 15.3. The number of imide groups is 2. The second-order valence-electron chi connectivity index (χ2n) is 6.48. The first-order valence-corrected chi connectivity index (χ1v) is 9.64. The Morgan fingerprint density at radius 2 is 1.76 bits per heavy atom. The first-order valence-electron chi connectivity index (χ1n) is 8.85. The Balaban J connectivity index is 1.80. The number of benzene rings is 2. The molecule has 0 spiro atoms. The molecule has 0 radical (unpaired) electrons. The number of anilines is 1. The molecule has 4 amide bonds. The van der Waals surface area contributed by atoms with Crippen LogP contribution in [-0.4, -0.2) is 22.4 Å². The van der Waals surface area contributed by atoms with Gasteiger partial charge < -0.3 is 4.57 Å². The van der Waals surface area contributed by atoms with E-state index in [1.165, 1.54) is 6.08 Å². The summed E-state index contributed by atoms with van der Waals surface area (Å²) in [4.78, 5) is 38.8. The zero-order valence-corrected chi connectivity index (χ0v) is 16.8. The van der Waals surface area contributed by atoms with Crippen LogP contribution in [0.4, 0.5) is 10.5 Å². The molecule has 1 saturated heterocycles. The van der Waals surface area contributed by atoms with Crippen molar-refractivity contribution < 1.29 is 14.4 Å². The predicted octanol–water partition coefficient (Wildman–Crippen LogP) is 4.26. The number of allylic oxidation sites excluding steroid dienone is 1. The van der Waals surface area contributed by atoms with E-state index in [1.54, 1.807) is 30.3 Å². The van der Waals surface area contributed by atoms with E-state index in [4.69, 9.17) is 0 Å². The van der Waals surface area contributed by atoms with Crippen LogP contribution in [0.3, 0.4) is 0 Å². The van der Waals surface area contributed by atoms with Crippen LogP contribution in [0, 0.1) is 0 Å². The molecule has 1 N–H and O–H groups in total. The lowest BCUT2D eigenvalue weighted by Gasteiger charge is -2.26. The summed E-state index contributed by atoms with van der Waals surface area (Å²) in [6, 6.07) is 13.6. The van der Waals surface area contributed by atoms with E-state index in [9.17, 15) is 14.4 Å². The minimum atomic E-state index is -0.770. The van der Waals surface area contributed by atoms with Crippen LogP contribution in [0.1, 0.15) is 5.56 Å². The van der Waals surface area contributed by atoms with Crippen LogP contribution in [0.5, 0.6) is 0 Å². The predicted molar refractivity (Wildman–Crippen MR) is 115 cm³/mol. The molecular weight excluding hydrogens is 434 g/mol. The lowest BCUT2D eigenvalue weighted by molar-refractivity contribution is -0.122. The van der Waals surface area contributed by atoms with Gasteiger partial charge in [-0.3, -0.25) is 14.9 Å². The van der Waals surface area contributed by atoms with Gasteiger partial charge in [-0.05, 0) is 36.4 Å². The number of amides is 4. The summed E-state index contributed by atoms with van der Waals surface area (Å²) < 4.78 is 2.80. The molecule has 1 aliphatic rings. The lowest BCUT2D eigenvalue weighted by Crippen LogP contribution is -2.54. The highest BCUT2D eigenvalue weighted by atomic mass is 79.9. The molecular formula is C22H16BrN3O3. The standard InChI is InChI=1S/C22H16BrN3O3/c1-2-11-25-13-14(17-5-3-4-6-19(17)25)12-18-20(27)24-22(29)26(21(18)28)16-9-7-15(23)8-10-16/h2-10,12-13H,1,11H2,(H,24,27,29)/b18-12+. The normalized spacial score (nSPS) is 15.8. The summed E-state index contributed by atoms with van der Waals surface area (Å²) in [6.07, 6.45) is 5.16. The summed E-state index contributed by atoms with van der Waals surface area (Å²) in [5.74, 6) is -1.38. The number of carbonyl (C=O) groups is 3. The van der Waals surface area contributed by atoms with Crippen LogP contribution in [-0.2, 0) is 16.1 Å². The molecule has 1 aliphatic heterocycles. The van der Waals surface area contributed by atoms with Gasteiger partial charge in [0.25, 0.3) is 11.8 Å². The van der Waals surface area contributed by atoms with Gasteiger partial charge in [-0.25, -0.2) is 9.69 Å². The molecule has 0 saturated carbocycles. The van der Waals surface area contributed by atoms with Crippen LogP contribution < -0.4 is 10.2 Å². The van der Waals surface area contributed by atoms with Gasteiger partial charge in [0, 0.05) is 33.7 Å². The Bertz CT molecular complexity index is 1190. The molecule has 29 heavy (non-hydrogen) atoms. The number of barbiturate groups is 1. The number of aromatic nitrogens is 1. The summed E-state index contributed by atoms with van der Waals surface area (Å²) in [5.41, 5.74) is 1.95. The molecule has 0 aliphatic carbocycles. The van der Waals surface area contributed by atoms with Gasteiger partial charge >= 0.3 is 6.03 Å². The average Bonchev–Trinajstić information content (AvgIpc) is 3.04. The highest BCUT2D eigenvalue weighted by molar-refractivity contribution is 9.10. The number of hydrogen-bond acceptors (Lipinski definition) is 3. The quantitative estimate of drug-likeness (QED) is 0.367. The van der Waals surface area contributed by atoms with Gasteiger partial charge in [0.1, 0.15) is 5.57 Å². The monoisotopic (exact) mass is 449 g/mol. The van der Waals surface area contributed by atoms with E-state index in [0.29, 0.717) is 17.8 Å². The van der Waals surface area contributed by atoms with Crippen molar-refractivity contribution in [2.45, 2.75) is 6.54 Å². The number of rotatable bonds is 4. The molecule has 7 heteroatoms.